The van der Waals surface area contributed by atoms with Gasteiger partial charge in [-0.05, 0) is 62.1 Å². The van der Waals surface area contributed by atoms with E-state index in [1.54, 1.807) is 0 Å². The highest BCUT2D eigenvalue weighted by atomic mass is 16.5. The van der Waals surface area contributed by atoms with E-state index in [2.05, 4.69) is 39.0 Å². The molecule has 132 valence electrons. The molecule has 3 nitrogen and oxygen atoms in total. The van der Waals surface area contributed by atoms with Crippen molar-refractivity contribution in [2.24, 2.45) is 5.92 Å². The SMILES string of the molecule is Cc1ccc([C@@H]2CCCN2C(=O)CO[C@@H]2CCCC[C@H]2C)cc1C. The summed E-state index contributed by atoms with van der Waals surface area (Å²) in [5.74, 6) is 0.745. The van der Waals surface area contributed by atoms with Crippen molar-refractivity contribution < 1.29 is 9.53 Å². The van der Waals surface area contributed by atoms with Crippen LogP contribution in [0.4, 0.5) is 0 Å². The molecule has 3 atom stereocenters. The van der Waals surface area contributed by atoms with Gasteiger partial charge in [0.1, 0.15) is 6.61 Å². The number of likely N-dealkylation sites (tertiary alicyclic amines) is 1. The first-order valence-electron chi connectivity index (χ1n) is 9.54. The Morgan fingerprint density at radius 1 is 1.12 bits per heavy atom. The molecule has 1 heterocycles. The lowest BCUT2D eigenvalue weighted by Crippen LogP contribution is -2.36. The summed E-state index contributed by atoms with van der Waals surface area (Å²) in [5.41, 5.74) is 3.89. The number of benzene rings is 1. The van der Waals surface area contributed by atoms with Crippen LogP contribution >= 0.6 is 0 Å². The standard InChI is InChI=1S/C21H31NO2/c1-15-10-11-18(13-17(15)3)19-8-6-12-22(19)21(23)14-24-20-9-5-4-7-16(20)2/h10-11,13,16,19-20H,4-9,12,14H2,1-3H3/t16-,19+,20-/m1/s1. The average molecular weight is 329 g/mol. The lowest BCUT2D eigenvalue weighted by Gasteiger charge is -2.30. The quantitative estimate of drug-likeness (QED) is 0.810. The van der Waals surface area contributed by atoms with Gasteiger partial charge in [-0.3, -0.25) is 4.79 Å². The van der Waals surface area contributed by atoms with Gasteiger partial charge in [-0.15, -0.1) is 0 Å². The highest BCUT2D eigenvalue weighted by Crippen LogP contribution is 2.33. The van der Waals surface area contributed by atoms with Crippen LogP contribution in [0, 0.1) is 19.8 Å². The van der Waals surface area contributed by atoms with E-state index in [0.29, 0.717) is 5.92 Å². The largest absolute Gasteiger partial charge is 0.368 e. The van der Waals surface area contributed by atoms with Crippen LogP contribution in [0.2, 0.25) is 0 Å². The van der Waals surface area contributed by atoms with Crippen LogP contribution in [0.5, 0.6) is 0 Å². The van der Waals surface area contributed by atoms with Gasteiger partial charge in [-0.2, -0.15) is 0 Å². The Labute approximate surface area is 146 Å². The summed E-state index contributed by atoms with van der Waals surface area (Å²) in [5, 5.41) is 0. The van der Waals surface area contributed by atoms with E-state index >= 15 is 0 Å². The number of nitrogens with zero attached hydrogens (tertiary/aromatic N) is 1. The Morgan fingerprint density at radius 3 is 2.67 bits per heavy atom. The molecule has 24 heavy (non-hydrogen) atoms. The number of rotatable bonds is 4. The third-order valence-corrected chi connectivity index (χ3v) is 5.94. The third-order valence-electron chi connectivity index (χ3n) is 5.94. The van der Waals surface area contributed by atoms with Crippen molar-refractivity contribution in [3.63, 3.8) is 0 Å². The predicted molar refractivity (Wildman–Crippen MR) is 97.0 cm³/mol. The van der Waals surface area contributed by atoms with Crippen LogP contribution in [0.1, 0.15) is 68.2 Å². The van der Waals surface area contributed by atoms with Crippen LogP contribution in [0.15, 0.2) is 18.2 Å². The van der Waals surface area contributed by atoms with Crippen LogP contribution < -0.4 is 0 Å². The number of ether oxygens (including phenoxy) is 1. The fraction of sp³-hybridized carbons (Fsp3) is 0.667. The van der Waals surface area contributed by atoms with Crippen molar-refractivity contribution in [2.45, 2.75) is 71.4 Å². The second-order valence-corrected chi connectivity index (χ2v) is 7.70. The molecule has 1 aliphatic carbocycles. The Hall–Kier alpha value is -1.35. The number of carbonyl (C=O) groups excluding carboxylic acids is 1. The molecule has 0 spiro atoms. The first kappa shape index (κ1) is 17.5. The van der Waals surface area contributed by atoms with E-state index in [9.17, 15) is 4.79 Å². The van der Waals surface area contributed by atoms with Gasteiger partial charge in [-0.1, -0.05) is 38.0 Å². The van der Waals surface area contributed by atoms with Crippen LogP contribution in [-0.2, 0) is 9.53 Å². The predicted octanol–water partition coefficient (Wildman–Crippen LogP) is 4.56. The van der Waals surface area contributed by atoms with Gasteiger partial charge >= 0.3 is 0 Å². The summed E-state index contributed by atoms with van der Waals surface area (Å²) < 4.78 is 6.01. The topological polar surface area (TPSA) is 29.5 Å². The van der Waals surface area contributed by atoms with Gasteiger partial charge in [-0.25, -0.2) is 0 Å². The second kappa shape index (κ2) is 7.69. The molecule has 3 heteroatoms. The van der Waals surface area contributed by atoms with Crippen molar-refractivity contribution in [1.29, 1.82) is 0 Å². The van der Waals surface area contributed by atoms with E-state index in [1.165, 1.54) is 36.0 Å². The fourth-order valence-corrected chi connectivity index (χ4v) is 4.17. The van der Waals surface area contributed by atoms with Crippen molar-refractivity contribution >= 4 is 5.91 Å². The molecule has 1 amide bonds. The summed E-state index contributed by atoms with van der Waals surface area (Å²) in [4.78, 5) is 14.8. The van der Waals surface area contributed by atoms with Crippen molar-refractivity contribution in [3.05, 3.63) is 34.9 Å². The van der Waals surface area contributed by atoms with Gasteiger partial charge in [0.05, 0.1) is 12.1 Å². The monoisotopic (exact) mass is 329 g/mol. The minimum absolute atomic E-state index is 0.161. The van der Waals surface area contributed by atoms with Crippen molar-refractivity contribution in [1.82, 2.24) is 4.90 Å². The van der Waals surface area contributed by atoms with Crippen molar-refractivity contribution in [3.8, 4) is 0 Å². The van der Waals surface area contributed by atoms with E-state index in [-0.39, 0.29) is 24.7 Å². The molecule has 0 aromatic heterocycles. The van der Waals surface area contributed by atoms with Gasteiger partial charge in [0.2, 0.25) is 5.91 Å². The maximum Gasteiger partial charge on any atom is 0.249 e. The Balaban J connectivity index is 1.61. The number of carbonyl (C=O) groups is 1. The maximum atomic E-state index is 12.7. The first-order valence-corrected chi connectivity index (χ1v) is 9.54. The van der Waals surface area contributed by atoms with Gasteiger partial charge in [0.15, 0.2) is 0 Å². The second-order valence-electron chi connectivity index (χ2n) is 7.70. The summed E-state index contributed by atoms with van der Waals surface area (Å²) >= 11 is 0. The number of hydrogen-bond acceptors (Lipinski definition) is 2. The van der Waals surface area contributed by atoms with Gasteiger partial charge in [0.25, 0.3) is 0 Å². The maximum absolute atomic E-state index is 12.7. The Kier molecular flexibility index (Phi) is 5.60. The first-order chi connectivity index (χ1) is 11.6. The molecule has 0 unspecified atom stereocenters. The fourth-order valence-electron chi connectivity index (χ4n) is 4.17. The summed E-state index contributed by atoms with van der Waals surface area (Å²) in [6.07, 6.45) is 7.29. The molecule has 1 aromatic carbocycles. The minimum atomic E-state index is 0.161. The molecule has 3 rings (SSSR count). The van der Waals surface area contributed by atoms with E-state index in [0.717, 1.165) is 25.8 Å². The normalized spacial score (nSPS) is 27.5. The average Bonchev–Trinajstić information content (AvgIpc) is 3.06. The molecule has 2 fully saturated rings. The zero-order chi connectivity index (χ0) is 17.1. The van der Waals surface area contributed by atoms with Gasteiger partial charge < -0.3 is 9.64 Å². The molecule has 0 radical (unpaired) electrons. The molecular weight excluding hydrogens is 298 g/mol. The van der Waals surface area contributed by atoms with Crippen LogP contribution in [-0.4, -0.2) is 30.1 Å². The third kappa shape index (κ3) is 3.83. The van der Waals surface area contributed by atoms with E-state index in [4.69, 9.17) is 4.74 Å². The molecule has 2 aliphatic rings. The number of hydrogen-bond donors (Lipinski definition) is 0. The lowest BCUT2D eigenvalue weighted by atomic mass is 9.88. The van der Waals surface area contributed by atoms with E-state index < -0.39 is 0 Å². The molecular formula is C21H31NO2. The van der Waals surface area contributed by atoms with Crippen LogP contribution in [0.3, 0.4) is 0 Å². The smallest absolute Gasteiger partial charge is 0.249 e. The zero-order valence-electron chi connectivity index (χ0n) is 15.4. The lowest BCUT2D eigenvalue weighted by molar-refractivity contribution is -0.141. The van der Waals surface area contributed by atoms with Crippen LogP contribution in [0.25, 0.3) is 0 Å². The molecule has 1 saturated carbocycles. The van der Waals surface area contributed by atoms with Crippen molar-refractivity contribution in [2.75, 3.05) is 13.2 Å². The summed E-state index contributed by atoms with van der Waals surface area (Å²) in [6.45, 7) is 7.64. The number of amides is 1. The molecule has 1 saturated heterocycles. The number of aryl methyl sites for hydroxylation is 2. The highest BCUT2D eigenvalue weighted by molar-refractivity contribution is 5.78. The highest BCUT2D eigenvalue weighted by Gasteiger charge is 2.31. The minimum Gasteiger partial charge on any atom is -0.368 e. The zero-order valence-corrected chi connectivity index (χ0v) is 15.4. The Bertz CT molecular complexity index is 583. The summed E-state index contributed by atoms with van der Waals surface area (Å²) in [7, 11) is 0. The summed E-state index contributed by atoms with van der Waals surface area (Å²) in [6, 6.07) is 6.83. The molecule has 0 bridgehead atoms. The molecule has 1 aromatic rings. The van der Waals surface area contributed by atoms with Gasteiger partial charge in [0, 0.05) is 6.54 Å². The molecule has 0 N–H and O–H groups in total. The molecule has 1 aliphatic heterocycles. The Morgan fingerprint density at radius 2 is 1.92 bits per heavy atom. The van der Waals surface area contributed by atoms with E-state index in [1.807, 2.05) is 4.90 Å².